The van der Waals surface area contributed by atoms with Crippen LogP contribution in [0, 0.1) is 0 Å². The average Bonchev–Trinajstić information content (AvgIpc) is 3.17. The molecule has 3 heterocycles. The van der Waals surface area contributed by atoms with Crippen molar-refractivity contribution in [1.29, 1.82) is 0 Å². The highest BCUT2D eigenvalue weighted by Gasteiger charge is 2.13. The van der Waals surface area contributed by atoms with Gasteiger partial charge in [-0.25, -0.2) is 9.78 Å². The Morgan fingerprint density at radius 3 is 2.90 bits per heavy atom. The second-order valence-electron chi connectivity index (χ2n) is 4.35. The van der Waals surface area contributed by atoms with Gasteiger partial charge in [-0.3, -0.25) is 4.98 Å². The van der Waals surface area contributed by atoms with E-state index in [9.17, 15) is 4.79 Å². The molecule has 0 saturated carbocycles. The highest BCUT2D eigenvalue weighted by atomic mass is 16.5. The van der Waals surface area contributed by atoms with Crippen LogP contribution in [0.25, 0.3) is 11.5 Å². The first-order chi connectivity index (χ1) is 10.3. The third-order valence-electron chi connectivity index (χ3n) is 2.98. The number of ether oxygens (including phenoxy) is 1. The lowest BCUT2D eigenvalue weighted by Crippen LogP contribution is -2.02. The molecular formula is C15H13N3O3. The van der Waals surface area contributed by atoms with Crippen molar-refractivity contribution in [3.8, 4) is 11.5 Å². The van der Waals surface area contributed by atoms with Crippen LogP contribution in [0.1, 0.15) is 16.3 Å². The molecule has 0 fully saturated rings. The Labute approximate surface area is 121 Å². The molecule has 6 heteroatoms. The van der Waals surface area contributed by atoms with Gasteiger partial charge in [0.1, 0.15) is 11.5 Å². The molecule has 0 aliphatic heterocycles. The normalized spacial score (nSPS) is 10.5. The van der Waals surface area contributed by atoms with E-state index < -0.39 is 5.97 Å². The van der Waals surface area contributed by atoms with E-state index in [2.05, 4.69) is 14.7 Å². The molecule has 6 nitrogen and oxygen atoms in total. The summed E-state index contributed by atoms with van der Waals surface area (Å²) >= 11 is 0. The van der Waals surface area contributed by atoms with Crippen LogP contribution in [0.5, 0.6) is 0 Å². The van der Waals surface area contributed by atoms with Gasteiger partial charge in [-0.05, 0) is 24.3 Å². The highest BCUT2D eigenvalue weighted by molar-refractivity contribution is 5.86. The summed E-state index contributed by atoms with van der Waals surface area (Å²) in [5.41, 5.74) is 0.780. The van der Waals surface area contributed by atoms with Gasteiger partial charge < -0.3 is 13.7 Å². The van der Waals surface area contributed by atoms with Gasteiger partial charge in [0.25, 0.3) is 0 Å². The number of aromatic nitrogens is 3. The van der Waals surface area contributed by atoms with E-state index in [-0.39, 0.29) is 5.76 Å². The van der Waals surface area contributed by atoms with Crippen molar-refractivity contribution in [3.05, 3.63) is 60.4 Å². The lowest BCUT2D eigenvalue weighted by atomic mass is 10.3. The van der Waals surface area contributed by atoms with Crippen molar-refractivity contribution in [2.75, 3.05) is 7.11 Å². The van der Waals surface area contributed by atoms with E-state index in [1.54, 1.807) is 24.5 Å². The van der Waals surface area contributed by atoms with Crippen molar-refractivity contribution in [3.63, 3.8) is 0 Å². The average molecular weight is 283 g/mol. The van der Waals surface area contributed by atoms with Gasteiger partial charge in [0, 0.05) is 18.6 Å². The van der Waals surface area contributed by atoms with Crippen molar-refractivity contribution in [2.24, 2.45) is 0 Å². The number of esters is 1. The summed E-state index contributed by atoms with van der Waals surface area (Å²) in [5, 5.41) is 0. The van der Waals surface area contributed by atoms with E-state index in [1.165, 1.54) is 7.11 Å². The SMILES string of the molecule is COC(=O)c1ccc(Cn2ccnc2-c2ccccn2)o1. The Balaban J connectivity index is 1.85. The minimum atomic E-state index is -0.489. The molecular weight excluding hydrogens is 270 g/mol. The van der Waals surface area contributed by atoms with Gasteiger partial charge in [0.05, 0.1) is 13.7 Å². The summed E-state index contributed by atoms with van der Waals surface area (Å²) < 4.78 is 12.0. The number of methoxy groups -OCH3 is 1. The fourth-order valence-electron chi connectivity index (χ4n) is 2.01. The Bertz CT molecular complexity index is 746. The van der Waals surface area contributed by atoms with Crippen LogP contribution in [0.4, 0.5) is 0 Å². The predicted molar refractivity (Wildman–Crippen MR) is 74.6 cm³/mol. The Kier molecular flexibility index (Phi) is 3.51. The van der Waals surface area contributed by atoms with Crippen molar-refractivity contribution >= 4 is 5.97 Å². The maximum atomic E-state index is 11.4. The van der Waals surface area contributed by atoms with E-state index in [0.717, 1.165) is 11.5 Å². The van der Waals surface area contributed by atoms with Crippen LogP contribution < -0.4 is 0 Å². The molecule has 0 unspecified atom stereocenters. The number of carbonyl (C=O) groups is 1. The van der Waals surface area contributed by atoms with Crippen molar-refractivity contribution in [1.82, 2.24) is 14.5 Å². The van der Waals surface area contributed by atoms with Crippen LogP contribution in [0.2, 0.25) is 0 Å². The van der Waals surface area contributed by atoms with E-state index >= 15 is 0 Å². The number of rotatable bonds is 4. The highest BCUT2D eigenvalue weighted by Crippen LogP contribution is 2.17. The molecule has 0 atom stereocenters. The van der Waals surface area contributed by atoms with Crippen LogP contribution in [-0.4, -0.2) is 27.6 Å². The topological polar surface area (TPSA) is 70.2 Å². The van der Waals surface area contributed by atoms with Crippen molar-refractivity contribution in [2.45, 2.75) is 6.54 Å². The number of nitrogens with zero attached hydrogens (tertiary/aromatic N) is 3. The molecule has 21 heavy (non-hydrogen) atoms. The molecule has 0 saturated heterocycles. The smallest absolute Gasteiger partial charge is 0.373 e. The molecule has 0 bridgehead atoms. The summed E-state index contributed by atoms with van der Waals surface area (Å²) in [5.74, 6) is 1.08. The Morgan fingerprint density at radius 1 is 1.24 bits per heavy atom. The van der Waals surface area contributed by atoms with E-state index in [0.29, 0.717) is 12.3 Å². The van der Waals surface area contributed by atoms with Crippen LogP contribution in [-0.2, 0) is 11.3 Å². The molecule has 0 aliphatic carbocycles. The Hall–Kier alpha value is -2.89. The minimum Gasteiger partial charge on any atom is -0.463 e. The molecule has 106 valence electrons. The number of carbonyl (C=O) groups excluding carboxylic acids is 1. The lowest BCUT2D eigenvalue weighted by molar-refractivity contribution is 0.0563. The maximum Gasteiger partial charge on any atom is 0.373 e. The van der Waals surface area contributed by atoms with E-state index in [4.69, 9.17) is 4.42 Å². The monoisotopic (exact) mass is 283 g/mol. The summed E-state index contributed by atoms with van der Waals surface area (Å²) in [6.07, 6.45) is 5.26. The largest absolute Gasteiger partial charge is 0.463 e. The first-order valence-electron chi connectivity index (χ1n) is 6.37. The summed E-state index contributed by atoms with van der Waals surface area (Å²) in [4.78, 5) is 20.0. The third-order valence-corrected chi connectivity index (χ3v) is 2.98. The summed E-state index contributed by atoms with van der Waals surface area (Å²) in [6.45, 7) is 0.461. The van der Waals surface area contributed by atoms with Crippen LogP contribution >= 0.6 is 0 Å². The predicted octanol–water partition coefficient (Wildman–Crippen LogP) is 2.37. The molecule has 0 aromatic carbocycles. The minimum absolute atomic E-state index is 0.187. The van der Waals surface area contributed by atoms with Crippen molar-refractivity contribution < 1.29 is 13.9 Å². The summed E-state index contributed by atoms with van der Waals surface area (Å²) in [7, 11) is 1.32. The molecule has 0 spiro atoms. The Morgan fingerprint density at radius 2 is 2.14 bits per heavy atom. The zero-order chi connectivity index (χ0) is 14.7. The van der Waals surface area contributed by atoms with Gasteiger partial charge in [-0.15, -0.1) is 0 Å². The summed E-state index contributed by atoms with van der Waals surface area (Å²) in [6, 6.07) is 8.99. The molecule has 0 N–H and O–H groups in total. The third kappa shape index (κ3) is 2.69. The molecule has 0 amide bonds. The van der Waals surface area contributed by atoms with Gasteiger partial charge >= 0.3 is 5.97 Å². The zero-order valence-corrected chi connectivity index (χ0v) is 11.4. The fourth-order valence-corrected chi connectivity index (χ4v) is 2.01. The number of hydrogen-bond donors (Lipinski definition) is 0. The fraction of sp³-hybridized carbons (Fsp3) is 0.133. The molecule has 0 radical (unpaired) electrons. The van der Waals surface area contributed by atoms with Gasteiger partial charge in [-0.1, -0.05) is 6.07 Å². The maximum absolute atomic E-state index is 11.4. The number of pyridine rings is 1. The lowest BCUT2D eigenvalue weighted by Gasteiger charge is -2.05. The van der Waals surface area contributed by atoms with Crippen LogP contribution in [0.3, 0.4) is 0 Å². The van der Waals surface area contributed by atoms with Gasteiger partial charge in [0.2, 0.25) is 5.76 Å². The molecule has 3 aromatic heterocycles. The number of imidazole rings is 1. The molecule has 3 rings (SSSR count). The quantitative estimate of drug-likeness (QED) is 0.687. The molecule has 0 aliphatic rings. The van der Waals surface area contributed by atoms with Gasteiger partial charge in [0.15, 0.2) is 5.82 Å². The van der Waals surface area contributed by atoms with Crippen LogP contribution in [0.15, 0.2) is 53.3 Å². The standard InChI is InChI=1S/C15H13N3O3/c1-20-15(19)13-6-5-11(21-13)10-18-9-8-17-14(18)12-4-2-3-7-16-12/h2-9H,10H2,1H3. The van der Waals surface area contributed by atoms with E-state index in [1.807, 2.05) is 29.0 Å². The second-order valence-corrected chi connectivity index (χ2v) is 4.35. The first-order valence-corrected chi connectivity index (χ1v) is 6.37. The zero-order valence-electron chi connectivity index (χ0n) is 11.4. The molecule has 3 aromatic rings. The van der Waals surface area contributed by atoms with Gasteiger partial charge in [-0.2, -0.15) is 0 Å². The second kappa shape index (κ2) is 5.62. The number of furan rings is 1. The number of hydrogen-bond acceptors (Lipinski definition) is 5. The first kappa shape index (κ1) is 13.1.